The molecule has 4 heterocycles. The summed E-state index contributed by atoms with van der Waals surface area (Å²) >= 11 is 1.47. The standard InChI is InChI=1S/C14H16N8OS/c23-14-21(17-18-22(14)12-3-1-10-24-12)11-19-6-8-20(9-7-19)13-15-4-2-5-16-13/h1-5,10H,6-9,11H2/p+1. The zero-order valence-corrected chi connectivity index (χ0v) is 13.8. The van der Waals surface area contributed by atoms with Crippen molar-refractivity contribution in [2.75, 3.05) is 31.1 Å². The number of rotatable bonds is 4. The van der Waals surface area contributed by atoms with Gasteiger partial charge in [-0.1, -0.05) is 0 Å². The molecule has 1 saturated heterocycles. The number of aromatic nitrogens is 6. The van der Waals surface area contributed by atoms with E-state index < -0.39 is 0 Å². The van der Waals surface area contributed by atoms with Crippen molar-refractivity contribution in [1.29, 1.82) is 0 Å². The Kier molecular flexibility index (Phi) is 4.05. The smallest absolute Gasteiger partial charge is 0.330 e. The third kappa shape index (κ3) is 2.93. The van der Waals surface area contributed by atoms with E-state index in [9.17, 15) is 4.79 Å². The van der Waals surface area contributed by atoms with E-state index in [1.807, 2.05) is 23.6 Å². The van der Waals surface area contributed by atoms with Crippen LogP contribution in [0.3, 0.4) is 0 Å². The first kappa shape index (κ1) is 15.0. The van der Waals surface area contributed by atoms with Crippen molar-refractivity contribution in [3.05, 3.63) is 46.5 Å². The summed E-state index contributed by atoms with van der Waals surface area (Å²) in [6.07, 6.45) is 3.51. The maximum Gasteiger partial charge on any atom is 0.374 e. The number of tetrazole rings is 1. The second-order valence-corrected chi connectivity index (χ2v) is 6.49. The lowest BCUT2D eigenvalue weighted by Gasteiger charge is -2.31. The van der Waals surface area contributed by atoms with Crippen molar-refractivity contribution in [2.24, 2.45) is 0 Å². The molecule has 9 nitrogen and oxygen atoms in total. The van der Waals surface area contributed by atoms with E-state index in [4.69, 9.17) is 0 Å². The molecule has 1 aliphatic heterocycles. The van der Waals surface area contributed by atoms with Crippen molar-refractivity contribution < 1.29 is 4.90 Å². The molecule has 0 radical (unpaired) electrons. The highest BCUT2D eigenvalue weighted by Gasteiger charge is 2.23. The summed E-state index contributed by atoms with van der Waals surface area (Å²) in [5.41, 5.74) is -0.196. The number of thiophene rings is 1. The topological polar surface area (TPSA) is 86.2 Å². The third-order valence-electron chi connectivity index (χ3n) is 4.03. The Bertz CT molecular complexity index is 835. The Labute approximate surface area is 141 Å². The van der Waals surface area contributed by atoms with E-state index in [0.29, 0.717) is 6.67 Å². The third-order valence-corrected chi connectivity index (χ3v) is 4.88. The zero-order chi connectivity index (χ0) is 16.4. The molecule has 0 aliphatic carbocycles. The van der Waals surface area contributed by atoms with Crippen molar-refractivity contribution in [3.63, 3.8) is 0 Å². The first-order chi connectivity index (χ1) is 11.8. The molecule has 124 valence electrons. The van der Waals surface area contributed by atoms with Gasteiger partial charge in [-0.2, -0.15) is 0 Å². The first-order valence-electron chi connectivity index (χ1n) is 7.73. The molecule has 0 amide bonds. The largest absolute Gasteiger partial charge is 0.374 e. The van der Waals surface area contributed by atoms with Crippen molar-refractivity contribution in [1.82, 2.24) is 29.8 Å². The summed E-state index contributed by atoms with van der Waals surface area (Å²) in [6, 6.07) is 5.56. The van der Waals surface area contributed by atoms with Gasteiger partial charge in [0.1, 0.15) is 5.00 Å². The van der Waals surface area contributed by atoms with Crippen LogP contribution in [0.25, 0.3) is 5.00 Å². The fraction of sp³-hybridized carbons (Fsp3) is 0.357. The summed E-state index contributed by atoms with van der Waals surface area (Å²) in [5, 5.41) is 10.7. The van der Waals surface area contributed by atoms with Gasteiger partial charge >= 0.3 is 5.69 Å². The first-order valence-corrected chi connectivity index (χ1v) is 8.61. The van der Waals surface area contributed by atoms with Gasteiger partial charge in [0, 0.05) is 12.4 Å². The van der Waals surface area contributed by atoms with Crippen LogP contribution < -0.4 is 15.5 Å². The minimum absolute atomic E-state index is 0.196. The maximum absolute atomic E-state index is 12.4. The van der Waals surface area contributed by atoms with E-state index in [1.54, 1.807) is 12.4 Å². The highest BCUT2D eigenvalue weighted by atomic mass is 32.1. The molecule has 3 aromatic rings. The van der Waals surface area contributed by atoms with Crippen LogP contribution in [0.5, 0.6) is 0 Å². The normalized spacial score (nSPS) is 15.8. The highest BCUT2D eigenvalue weighted by Crippen LogP contribution is 2.10. The number of anilines is 1. The highest BCUT2D eigenvalue weighted by molar-refractivity contribution is 7.12. The minimum atomic E-state index is -0.196. The molecule has 1 aliphatic rings. The Balaban J connectivity index is 1.40. The quantitative estimate of drug-likeness (QED) is 0.629. The van der Waals surface area contributed by atoms with Crippen molar-refractivity contribution >= 4 is 17.3 Å². The van der Waals surface area contributed by atoms with Crippen LogP contribution in [0.2, 0.25) is 0 Å². The summed E-state index contributed by atoms with van der Waals surface area (Å²) in [7, 11) is 0. The maximum atomic E-state index is 12.4. The molecule has 24 heavy (non-hydrogen) atoms. The van der Waals surface area contributed by atoms with Crippen LogP contribution in [0, 0.1) is 0 Å². The van der Waals surface area contributed by atoms with E-state index in [-0.39, 0.29) is 5.69 Å². The van der Waals surface area contributed by atoms with Crippen molar-refractivity contribution in [3.8, 4) is 5.00 Å². The predicted octanol–water partition coefficient (Wildman–Crippen LogP) is -1.36. The molecule has 4 rings (SSSR count). The molecular weight excluding hydrogens is 328 g/mol. The molecule has 0 bridgehead atoms. The van der Waals surface area contributed by atoms with Gasteiger partial charge in [-0.15, -0.1) is 20.7 Å². The summed E-state index contributed by atoms with van der Waals surface area (Å²) < 4.78 is 2.78. The average Bonchev–Trinajstić information content (AvgIpc) is 3.27. The van der Waals surface area contributed by atoms with Crippen LogP contribution in [0.1, 0.15) is 0 Å². The van der Waals surface area contributed by atoms with Gasteiger partial charge in [-0.25, -0.2) is 14.8 Å². The van der Waals surface area contributed by atoms with Gasteiger partial charge in [0.15, 0.2) is 6.67 Å². The molecule has 1 fully saturated rings. The van der Waals surface area contributed by atoms with Gasteiger partial charge < -0.3 is 9.80 Å². The molecule has 0 aromatic carbocycles. The van der Waals surface area contributed by atoms with Crippen LogP contribution in [0.15, 0.2) is 40.8 Å². The number of piperazine rings is 1. The van der Waals surface area contributed by atoms with Crippen molar-refractivity contribution in [2.45, 2.75) is 6.67 Å². The van der Waals surface area contributed by atoms with Crippen LogP contribution in [0.4, 0.5) is 5.95 Å². The number of nitrogens with one attached hydrogen (secondary N) is 1. The SMILES string of the molecule is O=c1n(C[NH+]2CCN(c3ncccn3)CC2)nnn1-c1cccs1. The van der Waals surface area contributed by atoms with Gasteiger partial charge in [0.05, 0.1) is 26.2 Å². The van der Waals surface area contributed by atoms with E-state index >= 15 is 0 Å². The van der Waals surface area contributed by atoms with Crippen LogP contribution >= 0.6 is 11.3 Å². The second-order valence-electron chi connectivity index (χ2n) is 5.57. The fourth-order valence-corrected chi connectivity index (χ4v) is 3.42. The van der Waals surface area contributed by atoms with E-state index in [0.717, 1.165) is 37.1 Å². The fourth-order valence-electron chi connectivity index (χ4n) is 2.75. The number of quaternary nitrogens is 1. The predicted molar refractivity (Wildman–Crippen MR) is 88.4 cm³/mol. The average molecular weight is 345 g/mol. The molecule has 1 N–H and O–H groups in total. The Morgan fingerprint density at radius 3 is 2.62 bits per heavy atom. The summed E-state index contributed by atoms with van der Waals surface area (Å²) in [5.74, 6) is 0.761. The molecule has 0 atom stereocenters. The Morgan fingerprint density at radius 2 is 1.92 bits per heavy atom. The molecule has 0 unspecified atom stereocenters. The number of hydrogen-bond acceptors (Lipinski definition) is 7. The monoisotopic (exact) mass is 345 g/mol. The van der Waals surface area contributed by atoms with Crippen LogP contribution in [-0.4, -0.2) is 55.9 Å². The second kappa shape index (κ2) is 6.49. The number of hydrogen-bond donors (Lipinski definition) is 1. The van der Waals surface area contributed by atoms with Gasteiger partial charge in [0.25, 0.3) is 0 Å². The lowest BCUT2D eigenvalue weighted by molar-refractivity contribution is -0.924. The van der Waals surface area contributed by atoms with E-state index in [1.165, 1.54) is 25.6 Å². The van der Waals surface area contributed by atoms with Gasteiger partial charge in [-0.05, 0) is 34.0 Å². The van der Waals surface area contributed by atoms with E-state index in [2.05, 4.69) is 25.3 Å². The minimum Gasteiger partial charge on any atom is -0.330 e. The Morgan fingerprint density at radius 1 is 1.12 bits per heavy atom. The molecule has 10 heteroatoms. The van der Waals surface area contributed by atoms with Gasteiger partial charge in [0.2, 0.25) is 5.95 Å². The molecule has 3 aromatic heterocycles. The lowest BCUT2D eigenvalue weighted by atomic mass is 10.3. The number of nitrogens with zero attached hydrogens (tertiary/aromatic N) is 7. The molecule has 0 spiro atoms. The summed E-state index contributed by atoms with van der Waals surface area (Å²) in [4.78, 5) is 24.4. The van der Waals surface area contributed by atoms with Gasteiger partial charge in [-0.3, -0.25) is 0 Å². The lowest BCUT2D eigenvalue weighted by Crippen LogP contribution is -3.14. The zero-order valence-electron chi connectivity index (χ0n) is 12.9. The molecule has 0 saturated carbocycles. The van der Waals surface area contributed by atoms with Crippen LogP contribution in [-0.2, 0) is 6.67 Å². The summed E-state index contributed by atoms with van der Waals surface area (Å²) in [6.45, 7) is 4.03. The molecular formula is C14H17N8OS+. The Hall–Kier alpha value is -2.59.